The number of nitrogens with zero attached hydrogens (tertiary/aromatic N) is 1. The lowest BCUT2D eigenvalue weighted by Crippen LogP contribution is -2.51. The molecule has 0 aromatic carbocycles. The number of ether oxygens (including phenoxy) is 2. The zero-order valence-electron chi connectivity index (χ0n) is 13.6. The van der Waals surface area contributed by atoms with E-state index in [9.17, 15) is 4.79 Å². The number of allylic oxidation sites excluding steroid dienone is 1. The molecule has 3 rings (SSSR count). The molecule has 0 saturated carbocycles. The topological polar surface area (TPSA) is 60.5 Å². The Labute approximate surface area is 137 Å². The van der Waals surface area contributed by atoms with Crippen LogP contribution >= 0.6 is 0 Å². The van der Waals surface area contributed by atoms with Gasteiger partial charge >= 0.3 is 0 Å². The van der Waals surface area contributed by atoms with E-state index in [2.05, 4.69) is 16.4 Å². The maximum atomic E-state index is 12.2. The third-order valence-corrected chi connectivity index (χ3v) is 4.33. The molecule has 5 heteroatoms. The number of amides is 1. The summed E-state index contributed by atoms with van der Waals surface area (Å²) in [5.41, 5.74) is 2.21. The predicted molar refractivity (Wildman–Crippen MR) is 87.3 cm³/mol. The van der Waals surface area contributed by atoms with Crippen molar-refractivity contribution in [3.05, 3.63) is 35.7 Å². The van der Waals surface area contributed by atoms with Crippen LogP contribution in [0.3, 0.4) is 0 Å². The van der Waals surface area contributed by atoms with Crippen LogP contribution < -0.4 is 10.1 Å². The molecule has 5 nitrogen and oxygen atoms in total. The zero-order valence-corrected chi connectivity index (χ0v) is 13.6. The summed E-state index contributed by atoms with van der Waals surface area (Å²) in [5, 5.41) is 3.08. The number of hydrogen-bond acceptors (Lipinski definition) is 4. The molecule has 0 spiro atoms. The van der Waals surface area contributed by atoms with Crippen LogP contribution in [0, 0.1) is 6.92 Å². The molecule has 2 heterocycles. The number of pyridine rings is 1. The first-order valence-corrected chi connectivity index (χ1v) is 8.35. The number of hydrogen-bond donors (Lipinski definition) is 1. The first kappa shape index (κ1) is 16.0. The second-order valence-corrected chi connectivity index (χ2v) is 6.26. The summed E-state index contributed by atoms with van der Waals surface area (Å²) in [4.78, 5) is 16.5. The van der Waals surface area contributed by atoms with Gasteiger partial charge in [-0.25, -0.2) is 0 Å². The van der Waals surface area contributed by atoms with E-state index in [4.69, 9.17) is 9.47 Å². The molecule has 0 unspecified atom stereocenters. The van der Waals surface area contributed by atoms with Crippen LogP contribution in [-0.4, -0.2) is 36.3 Å². The van der Waals surface area contributed by atoms with Crippen molar-refractivity contribution in [1.29, 1.82) is 0 Å². The van der Waals surface area contributed by atoms with Crippen LogP contribution in [0.1, 0.15) is 37.8 Å². The monoisotopic (exact) mass is 316 g/mol. The van der Waals surface area contributed by atoms with Gasteiger partial charge in [0.05, 0.1) is 25.5 Å². The summed E-state index contributed by atoms with van der Waals surface area (Å²) in [6.45, 7) is 3.09. The third-order valence-electron chi connectivity index (χ3n) is 4.33. The van der Waals surface area contributed by atoms with Gasteiger partial charge in [0, 0.05) is 18.5 Å². The van der Waals surface area contributed by atoms with Crippen molar-refractivity contribution in [3.63, 3.8) is 0 Å². The van der Waals surface area contributed by atoms with E-state index < -0.39 is 0 Å². The lowest BCUT2D eigenvalue weighted by Gasteiger charge is -2.32. The van der Waals surface area contributed by atoms with Gasteiger partial charge in [0.25, 0.3) is 0 Å². The second kappa shape index (κ2) is 7.59. The number of aryl methyl sites for hydroxylation is 1. The van der Waals surface area contributed by atoms with Gasteiger partial charge in [0.15, 0.2) is 0 Å². The quantitative estimate of drug-likeness (QED) is 0.848. The van der Waals surface area contributed by atoms with Crippen molar-refractivity contribution < 1.29 is 14.3 Å². The van der Waals surface area contributed by atoms with Crippen molar-refractivity contribution in [1.82, 2.24) is 10.3 Å². The predicted octanol–water partition coefficient (Wildman–Crippen LogP) is 2.54. The van der Waals surface area contributed by atoms with Crippen molar-refractivity contribution >= 4 is 5.91 Å². The highest BCUT2D eigenvalue weighted by atomic mass is 16.5. The van der Waals surface area contributed by atoms with Gasteiger partial charge in [-0.3, -0.25) is 9.78 Å². The Hall–Kier alpha value is -1.88. The fraction of sp³-hybridized carbons (Fsp3) is 0.556. The van der Waals surface area contributed by atoms with Gasteiger partial charge in [-0.05, 0) is 38.3 Å². The molecular weight excluding hydrogens is 292 g/mol. The smallest absolute Gasteiger partial charge is 0.224 e. The molecule has 1 aliphatic heterocycles. The van der Waals surface area contributed by atoms with Crippen molar-refractivity contribution in [3.8, 4) is 5.75 Å². The Morgan fingerprint density at radius 1 is 1.48 bits per heavy atom. The van der Waals surface area contributed by atoms with Gasteiger partial charge in [0.2, 0.25) is 5.91 Å². The molecule has 23 heavy (non-hydrogen) atoms. The van der Waals surface area contributed by atoms with Crippen LogP contribution in [0.15, 0.2) is 30.0 Å². The minimum absolute atomic E-state index is 0.0595. The fourth-order valence-electron chi connectivity index (χ4n) is 3.05. The van der Waals surface area contributed by atoms with E-state index in [0.717, 1.165) is 30.7 Å². The number of rotatable bonds is 5. The van der Waals surface area contributed by atoms with Crippen molar-refractivity contribution in [2.24, 2.45) is 0 Å². The van der Waals surface area contributed by atoms with Crippen LogP contribution in [0.4, 0.5) is 0 Å². The lowest BCUT2D eigenvalue weighted by molar-refractivity contribution is -0.123. The van der Waals surface area contributed by atoms with E-state index in [1.54, 1.807) is 6.20 Å². The van der Waals surface area contributed by atoms with Crippen LogP contribution in [0.25, 0.3) is 0 Å². The minimum atomic E-state index is -0.112. The Morgan fingerprint density at radius 3 is 3.13 bits per heavy atom. The first-order valence-electron chi connectivity index (χ1n) is 8.35. The average Bonchev–Trinajstić information content (AvgIpc) is 3.04. The summed E-state index contributed by atoms with van der Waals surface area (Å²) in [6, 6.07) is 3.73. The van der Waals surface area contributed by atoms with Gasteiger partial charge in [-0.15, -0.1) is 0 Å². The number of carbonyl (C=O) groups is 1. The highest BCUT2D eigenvalue weighted by molar-refractivity contribution is 5.79. The standard InChI is InChI=1S/C18H24N2O3/c1-13-6-7-15(11-19-13)23-17-8-9-22-12-16(17)20-18(21)10-14-4-2-3-5-14/h4,6-7,11,16-17H,2-3,5,8-10,12H2,1H3,(H,20,21)/t16-,17+/m0/s1. The Bertz CT molecular complexity index is 568. The van der Waals surface area contributed by atoms with Gasteiger partial charge < -0.3 is 14.8 Å². The largest absolute Gasteiger partial charge is 0.486 e. The maximum Gasteiger partial charge on any atom is 0.224 e. The van der Waals surface area contributed by atoms with Crippen LogP contribution in [0.5, 0.6) is 5.75 Å². The summed E-state index contributed by atoms with van der Waals surface area (Å²) in [5.74, 6) is 0.796. The van der Waals surface area contributed by atoms with E-state index in [0.29, 0.717) is 19.6 Å². The summed E-state index contributed by atoms with van der Waals surface area (Å²) < 4.78 is 11.5. The molecule has 0 radical (unpaired) electrons. The molecule has 2 aliphatic rings. The Kier molecular flexibility index (Phi) is 5.28. The van der Waals surface area contributed by atoms with Crippen molar-refractivity contribution in [2.45, 2.75) is 51.2 Å². The SMILES string of the molecule is Cc1ccc(O[C@@H]2CCOC[C@@H]2NC(=O)CC2=CCCC2)cn1. The molecule has 1 saturated heterocycles. The molecule has 1 amide bonds. The van der Waals surface area contributed by atoms with Gasteiger partial charge in [0.1, 0.15) is 11.9 Å². The van der Waals surface area contributed by atoms with Crippen LogP contribution in [0.2, 0.25) is 0 Å². The van der Waals surface area contributed by atoms with Gasteiger partial charge in [-0.1, -0.05) is 11.6 Å². The molecule has 1 fully saturated rings. The second-order valence-electron chi connectivity index (χ2n) is 6.26. The zero-order chi connectivity index (χ0) is 16.1. The molecular formula is C18H24N2O3. The summed E-state index contributed by atoms with van der Waals surface area (Å²) in [6.07, 6.45) is 8.41. The molecule has 1 aliphatic carbocycles. The van der Waals surface area contributed by atoms with E-state index in [1.165, 1.54) is 12.0 Å². The fourth-order valence-corrected chi connectivity index (χ4v) is 3.05. The highest BCUT2D eigenvalue weighted by Gasteiger charge is 2.29. The maximum absolute atomic E-state index is 12.2. The average molecular weight is 316 g/mol. The summed E-state index contributed by atoms with van der Waals surface area (Å²) in [7, 11) is 0. The van der Waals surface area contributed by atoms with Crippen molar-refractivity contribution in [2.75, 3.05) is 13.2 Å². The van der Waals surface area contributed by atoms with Crippen LogP contribution in [-0.2, 0) is 9.53 Å². The molecule has 0 bridgehead atoms. The third kappa shape index (κ3) is 4.55. The molecule has 124 valence electrons. The first-order chi connectivity index (χ1) is 11.2. The minimum Gasteiger partial charge on any atom is -0.486 e. The number of aromatic nitrogens is 1. The Morgan fingerprint density at radius 2 is 2.39 bits per heavy atom. The van der Waals surface area contributed by atoms with Gasteiger partial charge in [-0.2, -0.15) is 0 Å². The van der Waals surface area contributed by atoms with E-state index in [1.807, 2.05) is 19.1 Å². The molecule has 2 atom stereocenters. The summed E-state index contributed by atoms with van der Waals surface area (Å²) >= 11 is 0. The Balaban J connectivity index is 1.57. The molecule has 1 aromatic heterocycles. The van der Waals surface area contributed by atoms with E-state index in [-0.39, 0.29) is 18.1 Å². The number of nitrogens with one attached hydrogen (secondary N) is 1. The lowest BCUT2D eigenvalue weighted by atomic mass is 10.1. The highest BCUT2D eigenvalue weighted by Crippen LogP contribution is 2.21. The van der Waals surface area contributed by atoms with E-state index >= 15 is 0 Å². The molecule has 1 aromatic rings. The normalized spacial score (nSPS) is 24.1. The number of carbonyl (C=O) groups excluding carboxylic acids is 1. The molecule has 1 N–H and O–H groups in total.